The van der Waals surface area contributed by atoms with Gasteiger partial charge in [0.1, 0.15) is 0 Å². The normalized spacial score (nSPS) is 11.2. The number of esters is 2. The minimum absolute atomic E-state index is 0.297. The van der Waals surface area contributed by atoms with Crippen molar-refractivity contribution in [1.29, 1.82) is 0 Å². The van der Waals surface area contributed by atoms with Crippen molar-refractivity contribution in [2.45, 2.75) is 12.6 Å². The molecule has 0 spiro atoms. The Morgan fingerprint density at radius 3 is 2.33 bits per heavy atom. The van der Waals surface area contributed by atoms with Crippen LogP contribution in [0.5, 0.6) is 0 Å². The lowest BCUT2D eigenvalue weighted by Crippen LogP contribution is -2.30. The molecular formula is C25H18F3N3O4S. The second kappa shape index (κ2) is 10.6. The topological polar surface area (TPSA) is 97.4 Å². The number of carbonyl (C=O) groups excluding carboxylic acids is 3. The number of halogens is 3. The summed E-state index contributed by atoms with van der Waals surface area (Å²) in [6, 6.07) is 19.5. The van der Waals surface area contributed by atoms with Crippen molar-refractivity contribution in [3.8, 4) is 11.1 Å². The molecule has 4 rings (SSSR count). The molecular weight excluding hydrogens is 495 g/mol. The number of pyridine rings is 1. The van der Waals surface area contributed by atoms with Crippen molar-refractivity contribution >= 4 is 50.6 Å². The summed E-state index contributed by atoms with van der Waals surface area (Å²) in [5, 5.41) is 6.48. The van der Waals surface area contributed by atoms with Crippen molar-refractivity contribution in [3.63, 3.8) is 0 Å². The Hall–Kier alpha value is -4.25. The lowest BCUT2D eigenvalue weighted by Gasteiger charge is -2.08. The van der Waals surface area contributed by atoms with Crippen LogP contribution in [-0.4, -0.2) is 35.6 Å². The number of thiophene rings is 1. The van der Waals surface area contributed by atoms with Crippen molar-refractivity contribution in [1.82, 2.24) is 10.3 Å². The monoisotopic (exact) mass is 513 g/mol. The SMILES string of the molecule is O=C(CCNC(=O)c1cc2c(Nc3ccc(-c4ccccc4)cc3)cncc2s1)OC(=O)C(F)(F)F. The zero-order chi connectivity index (χ0) is 25.7. The van der Waals surface area contributed by atoms with Gasteiger partial charge < -0.3 is 15.4 Å². The summed E-state index contributed by atoms with van der Waals surface area (Å²) < 4.78 is 40.8. The van der Waals surface area contributed by atoms with E-state index in [1.54, 1.807) is 18.5 Å². The predicted octanol–water partition coefficient (Wildman–Crippen LogP) is 5.46. The maximum absolute atomic E-state index is 12.5. The lowest BCUT2D eigenvalue weighted by atomic mass is 10.1. The van der Waals surface area contributed by atoms with Crippen LogP contribution in [-0.2, 0) is 14.3 Å². The molecule has 0 unspecified atom stereocenters. The molecule has 0 aliphatic heterocycles. The summed E-state index contributed by atoms with van der Waals surface area (Å²) in [6.45, 7) is -0.297. The maximum Gasteiger partial charge on any atom is 0.491 e. The highest BCUT2D eigenvalue weighted by Gasteiger charge is 2.42. The third kappa shape index (κ3) is 6.05. The number of fused-ring (bicyclic) bond motifs is 1. The van der Waals surface area contributed by atoms with Crippen LogP contribution in [0.4, 0.5) is 24.5 Å². The smallest absolute Gasteiger partial charge is 0.386 e. The molecule has 0 bridgehead atoms. The fourth-order valence-corrected chi connectivity index (χ4v) is 4.25. The van der Waals surface area contributed by atoms with Crippen LogP contribution in [0.25, 0.3) is 21.2 Å². The molecule has 0 fully saturated rings. The van der Waals surface area contributed by atoms with Crippen LogP contribution in [0.3, 0.4) is 0 Å². The van der Waals surface area contributed by atoms with Crippen LogP contribution in [0.2, 0.25) is 0 Å². The van der Waals surface area contributed by atoms with Crippen LogP contribution in [0.1, 0.15) is 16.1 Å². The average Bonchev–Trinajstić information content (AvgIpc) is 3.30. The summed E-state index contributed by atoms with van der Waals surface area (Å²) in [4.78, 5) is 39.1. The van der Waals surface area contributed by atoms with Crippen molar-refractivity contribution in [2.75, 3.05) is 11.9 Å². The molecule has 0 saturated heterocycles. The zero-order valence-corrected chi connectivity index (χ0v) is 19.3. The zero-order valence-electron chi connectivity index (χ0n) is 18.5. The number of aromatic nitrogens is 1. The Bertz CT molecular complexity index is 1400. The number of carbonyl (C=O) groups is 3. The van der Waals surface area contributed by atoms with Crippen molar-refractivity contribution in [3.05, 3.63) is 77.9 Å². The number of hydrogen-bond acceptors (Lipinski definition) is 7. The van der Waals surface area contributed by atoms with E-state index in [-0.39, 0.29) is 6.54 Å². The van der Waals surface area contributed by atoms with Gasteiger partial charge in [-0.25, -0.2) is 4.79 Å². The molecule has 0 saturated carbocycles. The van der Waals surface area contributed by atoms with Gasteiger partial charge in [-0.15, -0.1) is 11.3 Å². The molecule has 2 heterocycles. The van der Waals surface area contributed by atoms with E-state index in [2.05, 4.69) is 20.4 Å². The largest absolute Gasteiger partial charge is 0.491 e. The Labute approximate surface area is 206 Å². The molecule has 36 heavy (non-hydrogen) atoms. The van der Waals surface area contributed by atoms with Gasteiger partial charge in [0.05, 0.1) is 27.9 Å². The Morgan fingerprint density at radius 2 is 1.64 bits per heavy atom. The van der Waals surface area contributed by atoms with Crippen LogP contribution < -0.4 is 10.6 Å². The number of nitrogens with zero attached hydrogens (tertiary/aromatic N) is 1. The van der Waals surface area contributed by atoms with Gasteiger partial charge in [-0.3, -0.25) is 14.6 Å². The predicted molar refractivity (Wildman–Crippen MR) is 129 cm³/mol. The first-order valence-electron chi connectivity index (χ1n) is 10.6. The maximum atomic E-state index is 12.5. The van der Waals surface area contributed by atoms with Gasteiger partial charge >= 0.3 is 18.1 Å². The summed E-state index contributed by atoms with van der Waals surface area (Å²) >= 11 is 1.17. The van der Waals surface area contributed by atoms with Crippen LogP contribution >= 0.6 is 11.3 Å². The summed E-state index contributed by atoms with van der Waals surface area (Å²) in [6.07, 6.45) is -2.61. The van der Waals surface area contributed by atoms with Crippen molar-refractivity contribution in [2.24, 2.45) is 0 Å². The number of hydrogen-bond donors (Lipinski definition) is 2. The Balaban J connectivity index is 1.39. The Kier molecular flexibility index (Phi) is 7.30. The molecule has 0 atom stereocenters. The molecule has 0 radical (unpaired) electrons. The summed E-state index contributed by atoms with van der Waals surface area (Å²) in [7, 11) is 0. The number of benzene rings is 2. The molecule has 0 aliphatic rings. The fraction of sp³-hybridized carbons (Fsp3) is 0.120. The van der Waals surface area contributed by atoms with E-state index in [4.69, 9.17) is 0 Å². The van der Waals surface area contributed by atoms with E-state index in [0.717, 1.165) is 26.9 Å². The molecule has 2 aromatic carbocycles. The number of alkyl halides is 3. The number of amides is 1. The molecule has 184 valence electrons. The standard InChI is InChI=1S/C25H18F3N3O4S/c26-25(27,28)24(34)35-22(32)10-11-30-23(33)20-12-18-19(13-29-14-21(18)36-20)31-17-8-6-16(7-9-17)15-4-2-1-3-5-15/h1-9,12-14,31H,10-11H2,(H,30,33). The van der Waals surface area contributed by atoms with Gasteiger partial charge in [0, 0.05) is 23.8 Å². The van der Waals surface area contributed by atoms with Gasteiger partial charge in [0.15, 0.2) is 0 Å². The van der Waals surface area contributed by atoms with E-state index in [9.17, 15) is 27.6 Å². The van der Waals surface area contributed by atoms with Gasteiger partial charge in [-0.05, 0) is 29.3 Å². The molecule has 4 aromatic rings. The van der Waals surface area contributed by atoms with E-state index in [1.165, 1.54) is 11.3 Å². The van der Waals surface area contributed by atoms with E-state index >= 15 is 0 Å². The fourth-order valence-electron chi connectivity index (χ4n) is 3.28. The first-order chi connectivity index (χ1) is 17.2. The lowest BCUT2D eigenvalue weighted by molar-refractivity contribution is -0.201. The highest BCUT2D eigenvalue weighted by atomic mass is 32.1. The molecule has 0 aliphatic carbocycles. The minimum Gasteiger partial charge on any atom is -0.386 e. The summed E-state index contributed by atoms with van der Waals surface area (Å²) in [5.41, 5.74) is 3.68. The molecule has 2 N–H and O–H groups in total. The first kappa shape index (κ1) is 24.9. The highest BCUT2D eigenvalue weighted by Crippen LogP contribution is 2.32. The van der Waals surface area contributed by atoms with Gasteiger partial charge in [0.2, 0.25) is 0 Å². The van der Waals surface area contributed by atoms with Gasteiger partial charge in [-0.2, -0.15) is 13.2 Å². The molecule has 2 aromatic heterocycles. The minimum atomic E-state index is -5.26. The van der Waals surface area contributed by atoms with E-state index in [1.807, 2.05) is 54.6 Å². The van der Waals surface area contributed by atoms with Crippen LogP contribution in [0.15, 0.2) is 73.1 Å². The third-order valence-electron chi connectivity index (χ3n) is 4.99. The average molecular weight is 513 g/mol. The van der Waals surface area contributed by atoms with Crippen molar-refractivity contribution < 1.29 is 32.3 Å². The number of rotatable bonds is 7. The molecule has 1 amide bonds. The highest BCUT2D eigenvalue weighted by molar-refractivity contribution is 7.20. The van der Waals surface area contributed by atoms with Crippen LogP contribution in [0, 0.1) is 0 Å². The number of anilines is 2. The third-order valence-corrected chi connectivity index (χ3v) is 6.06. The summed E-state index contributed by atoms with van der Waals surface area (Å²) in [5.74, 6) is -4.50. The van der Waals surface area contributed by atoms with Gasteiger partial charge in [0.25, 0.3) is 5.91 Å². The first-order valence-corrected chi connectivity index (χ1v) is 11.4. The molecule has 11 heteroatoms. The quantitative estimate of drug-likeness (QED) is 0.252. The second-order valence-electron chi connectivity index (χ2n) is 7.54. The Morgan fingerprint density at radius 1 is 0.944 bits per heavy atom. The van der Waals surface area contributed by atoms with E-state index < -0.39 is 30.4 Å². The van der Waals surface area contributed by atoms with E-state index in [0.29, 0.717) is 10.6 Å². The van der Waals surface area contributed by atoms with Gasteiger partial charge in [-0.1, -0.05) is 42.5 Å². The second-order valence-corrected chi connectivity index (χ2v) is 8.63. The number of nitrogens with one attached hydrogen (secondary N) is 2. The molecule has 7 nitrogen and oxygen atoms in total. The number of ether oxygens (including phenoxy) is 1.